The lowest BCUT2D eigenvalue weighted by Crippen LogP contribution is -2.36. The third-order valence-electron chi connectivity index (χ3n) is 4.30. The number of hydrogen-bond donors (Lipinski definition) is 1. The maximum atomic E-state index is 5.56. The van der Waals surface area contributed by atoms with E-state index >= 15 is 0 Å². The first kappa shape index (κ1) is 15.7. The monoisotopic (exact) mass is 336 g/mol. The van der Waals surface area contributed by atoms with Crippen LogP contribution < -0.4 is 15.0 Å². The molecule has 2 heterocycles. The van der Waals surface area contributed by atoms with Crippen molar-refractivity contribution in [1.82, 2.24) is 9.97 Å². The largest absolute Gasteiger partial charge is 0.494 e. The topological polar surface area (TPSA) is 59.5 Å². The van der Waals surface area contributed by atoms with Gasteiger partial charge in [0.2, 0.25) is 5.95 Å². The molecule has 4 rings (SSSR count). The number of hydrogen-bond acceptors (Lipinski definition) is 6. The van der Waals surface area contributed by atoms with Crippen LogP contribution in [0.1, 0.15) is 0 Å². The number of methoxy groups -OCH3 is 1. The van der Waals surface area contributed by atoms with Crippen molar-refractivity contribution < 1.29 is 9.47 Å². The van der Waals surface area contributed by atoms with E-state index in [1.165, 1.54) is 0 Å². The second-order valence-corrected chi connectivity index (χ2v) is 5.86. The van der Waals surface area contributed by atoms with Crippen LogP contribution in [0.15, 0.2) is 48.7 Å². The fourth-order valence-corrected chi connectivity index (χ4v) is 2.95. The van der Waals surface area contributed by atoms with Gasteiger partial charge in [-0.05, 0) is 18.2 Å². The summed E-state index contributed by atoms with van der Waals surface area (Å²) >= 11 is 0. The highest BCUT2D eigenvalue weighted by Crippen LogP contribution is 2.31. The Labute approximate surface area is 146 Å². The average molecular weight is 336 g/mol. The molecule has 0 unspecified atom stereocenters. The maximum Gasteiger partial charge on any atom is 0.227 e. The number of nitrogens with zero attached hydrogens (tertiary/aromatic N) is 3. The van der Waals surface area contributed by atoms with Crippen LogP contribution in [0.4, 0.5) is 17.3 Å². The van der Waals surface area contributed by atoms with Crippen molar-refractivity contribution in [3.63, 3.8) is 0 Å². The molecule has 1 N–H and O–H groups in total. The first-order valence-electron chi connectivity index (χ1n) is 8.33. The molecule has 6 heteroatoms. The van der Waals surface area contributed by atoms with Crippen molar-refractivity contribution in [2.75, 3.05) is 43.6 Å². The molecule has 0 radical (unpaired) electrons. The molecule has 1 fully saturated rings. The Bertz CT molecular complexity index is 878. The van der Waals surface area contributed by atoms with Crippen LogP contribution in [0.2, 0.25) is 0 Å². The molecule has 1 saturated heterocycles. The molecule has 6 nitrogen and oxygen atoms in total. The van der Waals surface area contributed by atoms with Crippen molar-refractivity contribution >= 4 is 28.2 Å². The summed E-state index contributed by atoms with van der Waals surface area (Å²) in [7, 11) is 1.67. The van der Waals surface area contributed by atoms with Gasteiger partial charge in [-0.3, -0.25) is 0 Å². The van der Waals surface area contributed by atoms with E-state index in [2.05, 4.69) is 26.3 Å². The quantitative estimate of drug-likeness (QED) is 0.789. The zero-order valence-electron chi connectivity index (χ0n) is 14.1. The molecule has 0 aliphatic carbocycles. The van der Waals surface area contributed by atoms with E-state index in [1.54, 1.807) is 7.11 Å². The van der Waals surface area contributed by atoms with Crippen LogP contribution >= 0.6 is 0 Å². The molecule has 1 aromatic heterocycles. The zero-order valence-corrected chi connectivity index (χ0v) is 14.1. The number of ether oxygens (including phenoxy) is 2. The Morgan fingerprint density at radius 3 is 2.80 bits per heavy atom. The predicted octanol–water partition coefficient (Wildman–Crippen LogP) is 3.22. The van der Waals surface area contributed by atoms with Crippen LogP contribution in [0.25, 0.3) is 10.9 Å². The molecule has 1 aliphatic rings. The first-order valence-corrected chi connectivity index (χ1v) is 8.33. The standard InChI is InChI=1S/C19H20N4O2/c1-24-18-12-15(23-8-10-25-11-9-23)6-7-17(18)22-19-20-13-14-4-2-3-5-16(14)21-19/h2-7,12-13H,8-11H2,1H3,(H,20,21,22). The van der Waals surface area contributed by atoms with Gasteiger partial charge in [0.25, 0.3) is 0 Å². The van der Waals surface area contributed by atoms with Gasteiger partial charge in [0.1, 0.15) is 5.75 Å². The summed E-state index contributed by atoms with van der Waals surface area (Å²) in [6.07, 6.45) is 1.82. The summed E-state index contributed by atoms with van der Waals surface area (Å²) in [5.41, 5.74) is 2.88. The Balaban J connectivity index is 1.60. The van der Waals surface area contributed by atoms with E-state index < -0.39 is 0 Å². The molecule has 0 bridgehead atoms. The number of anilines is 3. The highest BCUT2D eigenvalue weighted by atomic mass is 16.5. The third kappa shape index (κ3) is 3.34. The van der Waals surface area contributed by atoms with Crippen LogP contribution in [0.3, 0.4) is 0 Å². The summed E-state index contributed by atoms with van der Waals surface area (Å²) < 4.78 is 11.0. The second kappa shape index (κ2) is 6.94. The molecule has 1 aliphatic heterocycles. The highest BCUT2D eigenvalue weighted by molar-refractivity contribution is 5.79. The summed E-state index contributed by atoms with van der Waals surface area (Å²) in [4.78, 5) is 11.2. The fraction of sp³-hybridized carbons (Fsp3) is 0.263. The first-order chi connectivity index (χ1) is 12.3. The molecule has 0 saturated carbocycles. The molecular formula is C19H20N4O2. The molecule has 0 amide bonds. The molecule has 0 spiro atoms. The van der Waals surface area contributed by atoms with Crippen LogP contribution in [-0.4, -0.2) is 43.4 Å². The zero-order chi connectivity index (χ0) is 17.1. The number of morpholine rings is 1. The lowest BCUT2D eigenvalue weighted by Gasteiger charge is -2.29. The smallest absolute Gasteiger partial charge is 0.227 e. The number of para-hydroxylation sites is 1. The molecule has 128 valence electrons. The minimum atomic E-state index is 0.552. The van der Waals surface area contributed by atoms with E-state index in [0.29, 0.717) is 5.95 Å². The number of rotatable bonds is 4. The van der Waals surface area contributed by atoms with Gasteiger partial charge in [-0.2, -0.15) is 0 Å². The number of nitrogens with one attached hydrogen (secondary N) is 1. The molecule has 2 aromatic carbocycles. The Morgan fingerprint density at radius 1 is 1.12 bits per heavy atom. The van der Waals surface area contributed by atoms with Gasteiger partial charge in [0.15, 0.2) is 0 Å². The minimum Gasteiger partial charge on any atom is -0.494 e. The number of fused-ring (bicyclic) bond motifs is 1. The van der Waals surface area contributed by atoms with Crippen LogP contribution in [-0.2, 0) is 4.74 Å². The second-order valence-electron chi connectivity index (χ2n) is 5.86. The van der Waals surface area contributed by atoms with Gasteiger partial charge in [0, 0.05) is 36.4 Å². The fourth-order valence-electron chi connectivity index (χ4n) is 2.95. The van der Waals surface area contributed by atoms with Gasteiger partial charge >= 0.3 is 0 Å². The van der Waals surface area contributed by atoms with Gasteiger partial charge in [0.05, 0.1) is 31.5 Å². The summed E-state index contributed by atoms with van der Waals surface area (Å²) in [5, 5.41) is 4.27. The summed E-state index contributed by atoms with van der Waals surface area (Å²) in [6, 6.07) is 14.0. The number of benzene rings is 2. The minimum absolute atomic E-state index is 0.552. The van der Waals surface area contributed by atoms with Gasteiger partial charge in [-0.25, -0.2) is 9.97 Å². The SMILES string of the molecule is COc1cc(N2CCOCC2)ccc1Nc1ncc2ccccc2n1. The van der Waals surface area contributed by atoms with Gasteiger partial charge in [-0.15, -0.1) is 0 Å². The van der Waals surface area contributed by atoms with Crippen molar-refractivity contribution in [1.29, 1.82) is 0 Å². The highest BCUT2D eigenvalue weighted by Gasteiger charge is 2.14. The average Bonchev–Trinajstić information content (AvgIpc) is 2.69. The van der Waals surface area contributed by atoms with Gasteiger partial charge in [-0.1, -0.05) is 18.2 Å². The van der Waals surface area contributed by atoms with E-state index in [-0.39, 0.29) is 0 Å². The normalized spacial score (nSPS) is 14.5. The summed E-state index contributed by atoms with van der Waals surface area (Å²) in [5.74, 6) is 1.32. The lowest BCUT2D eigenvalue weighted by atomic mass is 10.2. The van der Waals surface area contributed by atoms with Crippen LogP contribution in [0, 0.1) is 0 Å². The lowest BCUT2D eigenvalue weighted by molar-refractivity contribution is 0.122. The van der Waals surface area contributed by atoms with Crippen molar-refractivity contribution in [2.24, 2.45) is 0 Å². The Kier molecular flexibility index (Phi) is 4.35. The predicted molar refractivity (Wildman–Crippen MR) is 98.8 cm³/mol. The van der Waals surface area contributed by atoms with Crippen molar-refractivity contribution in [3.05, 3.63) is 48.7 Å². The number of aromatic nitrogens is 2. The van der Waals surface area contributed by atoms with Crippen molar-refractivity contribution in [2.45, 2.75) is 0 Å². The summed E-state index contributed by atoms with van der Waals surface area (Å²) in [6.45, 7) is 3.30. The van der Waals surface area contributed by atoms with E-state index in [9.17, 15) is 0 Å². The van der Waals surface area contributed by atoms with E-state index in [1.807, 2.05) is 42.6 Å². The maximum absolute atomic E-state index is 5.56. The van der Waals surface area contributed by atoms with E-state index in [0.717, 1.165) is 54.3 Å². The molecular weight excluding hydrogens is 316 g/mol. The molecule has 3 aromatic rings. The van der Waals surface area contributed by atoms with Crippen molar-refractivity contribution in [3.8, 4) is 5.75 Å². The third-order valence-corrected chi connectivity index (χ3v) is 4.30. The van der Waals surface area contributed by atoms with Crippen LogP contribution in [0.5, 0.6) is 5.75 Å². The van der Waals surface area contributed by atoms with Gasteiger partial charge < -0.3 is 19.7 Å². The molecule has 0 atom stereocenters. The van der Waals surface area contributed by atoms with E-state index in [4.69, 9.17) is 9.47 Å². The molecule has 25 heavy (non-hydrogen) atoms. The Morgan fingerprint density at radius 2 is 1.96 bits per heavy atom. The Hall–Kier alpha value is -2.86.